The number of carboxylic acid groups (broad SMARTS) is 1. The molecule has 11 heavy (non-hydrogen) atoms. The summed E-state index contributed by atoms with van der Waals surface area (Å²) in [5, 5.41) is 17.4. The topological polar surface area (TPSA) is 57.5 Å². The van der Waals surface area contributed by atoms with Gasteiger partial charge in [-0.05, 0) is 11.8 Å². The van der Waals surface area contributed by atoms with Gasteiger partial charge in [0, 0.05) is 0 Å². The highest BCUT2D eigenvalue weighted by atomic mass is 16.4. The van der Waals surface area contributed by atoms with E-state index in [0.29, 0.717) is 6.42 Å². The SMILES string of the molecule is CCC(C)(C)CC(O)C(=O)O. The van der Waals surface area contributed by atoms with Crippen LogP contribution in [0.2, 0.25) is 0 Å². The van der Waals surface area contributed by atoms with E-state index in [0.717, 1.165) is 6.42 Å². The highest BCUT2D eigenvalue weighted by molar-refractivity contribution is 5.71. The van der Waals surface area contributed by atoms with Gasteiger partial charge in [-0.25, -0.2) is 4.79 Å². The first-order valence-electron chi connectivity index (χ1n) is 3.80. The Bertz CT molecular complexity index is 140. The number of hydrogen-bond donors (Lipinski definition) is 2. The molecule has 0 aliphatic rings. The Morgan fingerprint density at radius 3 is 2.27 bits per heavy atom. The van der Waals surface area contributed by atoms with E-state index in [1.165, 1.54) is 0 Å². The molecule has 0 aromatic carbocycles. The Morgan fingerprint density at radius 2 is 2.00 bits per heavy atom. The minimum absolute atomic E-state index is 0.0855. The predicted molar refractivity (Wildman–Crippen MR) is 42.3 cm³/mol. The maximum Gasteiger partial charge on any atom is 0.332 e. The normalized spacial score (nSPS) is 14.5. The molecular formula is C8H16O3. The molecule has 1 atom stereocenters. The smallest absolute Gasteiger partial charge is 0.332 e. The number of aliphatic carboxylic acids is 1. The monoisotopic (exact) mass is 160 g/mol. The minimum Gasteiger partial charge on any atom is -0.479 e. The molecule has 0 saturated carbocycles. The molecule has 0 rings (SSSR count). The molecule has 0 aliphatic carbocycles. The maximum atomic E-state index is 10.2. The fourth-order valence-corrected chi connectivity index (χ4v) is 0.755. The van der Waals surface area contributed by atoms with E-state index in [9.17, 15) is 4.79 Å². The van der Waals surface area contributed by atoms with Gasteiger partial charge in [-0.15, -0.1) is 0 Å². The van der Waals surface area contributed by atoms with Crippen LogP contribution in [0.3, 0.4) is 0 Å². The molecule has 3 nitrogen and oxygen atoms in total. The van der Waals surface area contributed by atoms with Crippen molar-refractivity contribution in [3.63, 3.8) is 0 Å². The first-order valence-corrected chi connectivity index (χ1v) is 3.80. The van der Waals surface area contributed by atoms with Crippen molar-refractivity contribution in [1.82, 2.24) is 0 Å². The molecular weight excluding hydrogens is 144 g/mol. The Kier molecular flexibility index (Phi) is 3.52. The molecule has 0 saturated heterocycles. The number of aliphatic hydroxyl groups excluding tert-OH is 1. The molecule has 0 bridgehead atoms. The molecule has 0 fully saturated rings. The second-order valence-corrected chi connectivity index (χ2v) is 3.58. The van der Waals surface area contributed by atoms with E-state index >= 15 is 0 Å². The lowest BCUT2D eigenvalue weighted by molar-refractivity contribution is -0.148. The van der Waals surface area contributed by atoms with Gasteiger partial charge in [0.05, 0.1) is 0 Å². The van der Waals surface area contributed by atoms with Crippen molar-refractivity contribution in [2.45, 2.75) is 39.7 Å². The number of carboxylic acids is 1. The number of rotatable bonds is 4. The third kappa shape index (κ3) is 3.98. The highest BCUT2D eigenvalue weighted by Crippen LogP contribution is 2.25. The molecule has 0 aromatic heterocycles. The van der Waals surface area contributed by atoms with Crippen molar-refractivity contribution in [3.8, 4) is 0 Å². The summed E-state index contributed by atoms with van der Waals surface area (Å²) in [7, 11) is 0. The van der Waals surface area contributed by atoms with Crippen LogP contribution in [0.4, 0.5) is 0 Å². The second kappa shape index (κ2) is 3.72. The first-order chi connectivity index (χ1) is 4.89. The van der Waals surface area contributed by atoms with Crippen molar-refractivity contribution in [1.29, 1.82) is 0 Å². The summed E-state index contributed by atoms with van der Waals surface area (Å²) in [4.78, 5) is 10.2. The third-order valence-electron chi connectivity index (χ3n) is 1.99. The van der Waals surface area contributed by atoms with Gasteiger partial charge in [-0.3, -0.25) is 0 Å². The van der Waals surface area contributed by atoms with Crippen LogP contribution in [0.5, 0.6) is 0 Å². The van der Waals surface area contributed by atoms with E-state index in [2.05, 4.69) is 0 Å². The zero-order valence-electron chi connectivity index (χ0n) is 7.29. The molecule has 0 heterocycles. The quantitative estimate of drug-likeness (QED) is 0.651. The fraction of sp³-hybridized carbons (Fsp3) is 0.875. The van der Waals surface area contributed by atoms with Crippen LogP contribution in [0.1, 0.15) is 33.6 Å². The first kappa shape index (κ1) is 10.4. The lowest BCUT2D eigenvalue weighted by atomic mass is 9.84. The molecule has 0 aromatic rings. The molecule has 2 N–H and O–H groups in total. The van der Waals surface area contributed by atoms with Crippen LogP contribution in [-0.4, -0.2) is 22.3 Å². The zero-order chi connectivity index (χ0) is 9.07. The van der Waals surface area contributed by atoms with Crippen LogP contribution in [-0.2, 0) is 4.79 Å². The van der Waals surface area contributed by atoms with Crippen molar-refractivity contribution in [2.24, 2.45) is 5.41 Å². The summed E-state index contributed by atoms with van der Waals surface area (Å²) in [6.45, 7) is 5.87. The van der Waals surface area contributed by atoms with Gasteiger partial charge in [0.1, 0.15) is 0 Å². The van der Waals surface area contributed by atoms with E-state index < -0.39 is 12.1 Å². The van der Waals surface area contributed by atoms with Crippen molar-refractivity contribution >= 4 is 5.97 Å². The molecule has 0 aliphatic heterocycles. The van der Waals surface area contributed by atoms with Gasteiger partial charge in [-0.1, -0.05) is 27.2 Å². The molecule has 0 amide bonds. The van der Waals surface area contributed by atoms with Gasteiger partial charge in [-0.2, -0.15) is 0 Å². The summed E-state index contributed by atoms with van der Waals surface area (Å²) in [5.74, 6) is -1.13. The highest BCUT2D eigenvalue weighted by Gasteiger charge is 2.24. The Morgan fingerprint density at radius 1 is 1.55 bits per heavy atom. The largest absolute Gasteiger partial charge is 0.479 e. The van der Waals surface area contributed by atoms with Gasteiger partial charge < -0.3 is 10.2 Å². The summed E-state index contributed by atoms with van der Waals surface area (Å²) in [6.07, 6.45) is -0.0270. The third-order valence-corrected chi connectivity index (χ3v) is 1.99. The number of carbonyl (C=O) groups is 1. The van der Waals surface area contributed by atoms with Crippen molar-refractivity contribution < 1.29 is 15.0 Å². The van der Waals surface area contributed by atoms with Crippen molar-refractivity contribution in [3.05, 3.63) is 0 Å². The van der Waals surface area contributed by atoms with Gasteiger partial charge in [0.25, 0.3) is 0 Å². The lowest BCUT2D eigenvalue weighted by Crippen LogP contribution is -2.26. The maximum absolute atomic E-state index is 10.2. The molecule has 66 valence electrons. The summed E-state index contributed by atoms with van der Waals surface area (Å²) >= 11 is 0. The van der Waals surface area contributed by atoms with E-state index in [1.54, 1.807) is 0 Å². The van der Waals surface area contributed by atoms with E-state index in [-0.39, 0.29) is 5.41 Å². The van der Waals surface area contributed by atoms with Gasteiger partial charge in [0.15, 0.2) is 6.10 Å². The average molecular weight is 160 g/mol. The molecule has 1 unspecified atom stereocenters. The minimum atomic E-state index is -1.22. The summed E-state index contributed by atoms with van der Waals surface area (Å²) in [5.41, 5.74) is -0.0855. The molecule has 3 heteroatoms. The summed E-state index contributed by atoms with van der Waals surface area (Å²) < 4.78 is 0. The average Bonchev–Trinajstić information content (AvgIpc) is 1.87. The fourth-order valence-electron chi connectivity index (χ4n) is 0.755. The predicted octanol–water partition coefficient (Wildman–Crippen LogP) is 1.26. The van der Waals surface area contributed by atoms with E-state index in [4.69, 9.17) is 10.2 Å². The van der Waals surface area contributed by atoms with E-state index in [1.807, 2.05) is 20.8 Å². The van der Waals surface area contributed by atoms with Crippen LogP contribution < -0.4 is 0 Å². The van der Waals surface area contributed by atoms with Crippen LogP contribution in [0.15, 0.2) is 0 Å². The Labute approximate surface area is 67.0 Å². The van der Waals surface area contributed by atoms with Crippen molar-refractivity contribution in [2.75, 3.05) is 0 Å². The van der Waals surface area contributed by atoms with Crippen LogP contribution in [0.25, 0.3) is 0 Å². The van der Waals surface area contributed by atoms with Gasteiger partial charge in [0.2, 0.25) is 0 Å². The van der Waals surface area contributed by atoms with Crippen LogP contribution in [0, 0.1) is 5.41 Å². The molecule has 0 spiro atoms. The molecule has 0 radical (unpaired) electrons. The van der Waals surface area contributed by atoms with Crippen LogP contribution >= 0.6 is 0 Å². The zero-order valence-corrected chi connectivity index (χ0v) is 7.29. The second-order valence-electron chi connectivity index (χ2n) is 3.58. The standard InChI is InChI=1S/C8H16O3/c1-4-8(2,3)5-6(9)7(10)11/h6,9H,4-5H2,1-3H3,(H,10,11). The number of hydrogen-bond acceptors (Lipinski definition) is 2. The number of aliphatic hydroxyl groups is 1. The van der Waals surface area contributed by atoms with Gasteiger partial charge >= 0.3 is 5.97 Å². The Hall–Kier alpha value is -0.570. The lowest BCUT2D eigenvalue weighted by Gasteiger charge is -2.23. The Balaban J connectivity index is 3.93. The summed E-state index contributed by atoms with van der Waals surface area (Å²) in [6, 6.07) is 0.